The lowest BCUT2D eigenvalue weighted by Crippen LogP contribution is -2.23. The molecule has 138 valence electrons. The topological polar surface area (TPSA) is 77.7 Å². The lowest BCUT2D eigenvalue weighted by molar-refractivity contribution is -0.143. The Kier molecular flexibility index (Phi) is 5.86. The number of nitrogens with zero attached hydrogens (tertiary/aromatic N) is 2. The third kappa shape index (κ3) is 4.03. The molecular formula is C16H16N2O4S4. The van der Waals surface area contributed by atoms with Crippen molar-refractivity contribution in [3.63, 3.8) is 0 Å². The van der Waals surface area contributed by atoms with Crippen molar-refractivity contribution in [3.8, 4) is 0 Å². The van der Waals surface area contributed by atoms with E-state index >= 15 is 0 Å². The van der Waals surface area contributed by atoms with E-state index in [1.807, 2.05) is 24.5 Å². The van der Waals surface area contributed by atoms with E-state index in [0.29, 0.717) is 0 Å². The Morgan fingerprint density at radius 3 is 2.81 bits per heavy atom. The molecule has 0 fully saturated rings. The number of esters is 1. The number of aromatic nitrogens is 1. The predicted molar refractivity (Wildman–Crippen MR) is 105 cm³/mol. The monoisotopic (exact) mass is 428 g/mol. The summed E-state index contributed by atoms with van der Waals surface area (Å²) in [6, 6.07) is 8.93. The molecular weight excluding hydrogens is 412 g/mol. The number of ether oxygens (including phenoxy) is 1. The number of fused-ring (bicyclic) bond motifs is 1. The van der Waals surface area contributed by atoms with Gasteiger partial charge < -0.3 is 9.30 Å². The van der Waals surface area contributed by atoms with Crippen molar-refractivity contribution in [2.24, 2.45) is 4.40 Å². The average molecular weight is 429 g/mol. The summed E-state index contributed by atoms with van der Waals surface area (Å²) in [6.07, 6.45) is 1.97. The van der Waals surface area contributed by atoms with Gasteiger partial charge in [-0.25, -0.2) is 0 Å². The van der Waals surface area contributed by atoms with E-state index in [0.717, 1.165) is 26.4 Å². The first-order chi connectivity index (χ1) is 12.4. The summed E-state index contributed by atoms with van der Waals surface area (Å²) in [5, 5.41) is 1.69. The first-order valence-corrected chi connectivity index (χ1v) is 12.0. The van der Waals surface area contributed by atoms with E-state index in [1.165, 1.54) is 17.4 Å². The summed E-state index contributed by atoms with van der Waals surface area (Å²) >= 11 is 3.94. The van der Waals surface area contributed by atoms with Crippen LogP contribution in [-0.2, 0) is 26.1 Å². The predicted octanol–water partition coefficient (Wildman–Crippen LogP) is 3.34. The molecule has 2 aromatic heterocycles. The fraction of sp³-hybridized carbons (Fsp3) is 0.250. The maximum absolute atomic E-state index is 12.5. The van der Waals surface area contributed by atoms with Gasteiger partial charge >= 0.3 is 5.97 Å². The van der Waals surface area contributed by atoms with Gasteiger partial charge in [0.2, 0.25) is 4.80 Å². The highest BCUT2D eigenvalue weighted by Crippen LogP contribution is 2.25. The minimum atomic E-state index is -3.83. The highest BCUT2D eigenvalue weighted by atomic mass is 32.2. The molecule has 10 heteroatoms. The van der Waals surface area contributed by atoms with Gasteiger partial charge in [0.25, 0.3) is 10.0 Å². The SMILES string of the molecule is CCOC(=O)Cn1/c(=N/S(=O)(=O)c2cccs2)sc2cc(SC)ccc21. The summed E-state index contributed by atoms with van der Waals surface area (Å²) in [7, 11) is -3.83. The molecule has 0 aliphatic rings. The number of benzene rings is 1. The van der Waals surface area contributed by atoms with Gasteiger partial charge in [-0.15, -0.1) is 27.5 Å². The number of rotatable bonds is 6. The molecule has 0 bridgehead atoms. The molecule has 0 atom stereocenters. The van der Waals surface area contributed by atoms with Crippen LogP contribution in [0.2, 0.25) is 0 Å². The van der Waals surface area contributed by atoms with E-state index in [-0.39, 0.29) is 22.2 Å². The van der Waals surface area contributed by atoms with Crippen molar-refractivity contribution in [3.05, 3.63) is 40.5 Å². The van der Waals surface area contributed by atoms with Gasteiger partial charge in [0.05, 0.1) is 16.8 Å². The number of carbonyl (C=O) groups is 1. The zero-order valence-electron chi connectivity index (χ0n) is 14.0. The van der Waals surface area contributed by atoms with Gasteiger partial charge in [0.15, 0.2) is 0 Å². The Bertz CT molecular complexity index is 1100. The highest BCUT2D eigenvalue weighted by molar-refractivity contribution is 7.98. The van der Waals surface area contributed by atoms with Crippen molar-refractivity contribution >= 4 is 60.6 Å². The number of hydrogen-bond donors (Lipinski definition) is 0. The largest absolute Gasteiger partial charge is 0.465 e. The quantitative estimate of drug-likeness (QED) is 0.444. The smallest absolute Gasteiger partial charge is 0.326 e. The number of thiophene rings is 1. The first kappa shape index (κ1) is 19.2. The number of hydrogen-bond acceptors (Lipinski definition) is 7. The molecule has 0 N–H and O–H groups in total. The lowest BCUT2D eigenvalue weighted by Gasteiger charge is -2.05. The Labute approximate surface area is 163 Å². The van der Waals surface area contributed by atoms with Crippen LogP contribution in [-0.4, -0.2) is 31.8 Å². The summed E-state index contributed by atoms with van der Waals surface area (Å²) in [6.45, 7) is 1.90. The summed E-state index contributed by atoms with van der Waals surface area (Å²) < 4.78 is 36.7. The van der Waals surface area contributed by atoms with Gasteiger partial charge in [-0.1, -0.05) is 17.4 Å². The molecule has 0 spiro atoms. The van der Waals surface area contributed by atoms with Gasteiger partial charge in [-0.05, 0) is 42.8 Å². The van der Waals surface area contributed by atoms with Crippen LogP contribution in [0, 0.1) is 0 Å². The van der Waals surface area contributed by atoms with E-state index in [2.05, 4.69) is 4.40 Å². The van der Waals surface area contributed by atoms with Crippen LogP contribution in [0.15, 0.2) is 49.2 Å². The third-order valence-electron chi connectivity index (χ3n) is 3.43. The van der Waals surface area contributed by atoms with Gasteiger partial charge in [0, 0.05) is 4.90 Å². The summed E-state index contributed by atoms with van der Waals surface area (Å²) in [5.41, 5.74) is 0.751. The zero-order chi connectivity index (χ0) is 18.7. The normalized spacial score (nSPS) is 12.6. The number of thioether (sulfide) groups is 1. The Morgan fingerprint density at radius 2 is 2.15 bits per heavy atom. The number of thiazole rings is 1. The van der Waals surface area contributed by atoms with Crippen molar-refractivity contribution in [1.29, 1.82) is 0 Å². The maximum Gasteiger partial charge on any atom is 0.326 e. The van der Waals surface area contributed by atoms with Crippen LogP contribution >= 0.6 is 34.4 Å². The minimum absolute atomic E-state index is 0.0920. The van der Waals surface area contributed by atoms with Gasteiger partial charge in [0.1, 0.15) is 10.8 Å². The van der Waals surface area contributed by atoms with E-state index in [9.17, 15) is 13.2 Å². The Balaban J connectivity index is 2.19. The van der Waals surface area contributed by atoms with Crippen molar-refractivity contribution in [2.75, 3.05) is 12.9 Å². The van der Waals surface area contributed by atoms with Crippen molar-refractivity contribution in [2.45, 2.75) is 22.6 Å². The fourth-order valence-electron chi connectivity index (χ4n) is 2.30. The molecule has 0 saturated carbocycles. The molecule has 1 aromatic carbocycles. The first-order valence-electron chi connectivity index (χ1n) is 7.62. The van der Waals surface area contributed by atoms with Crippen LogP contribution < -0.4 is 4.80 Å². The molecule has 0 unspecified atom stereocenters. The van der Waals surface area contributed by atoms with E-state index in [4.69, 9.17) is 4.74 Å². The van der Waals surface area contributed by atoms with Gasteiger partial charge in [-0.3, -0.25) is 4.79 Å². The zero-order valence-corrected chi connectivity index (χ0v) is 17.3. The average Bonchev–Trinajstić information content (AvgIpc) is 3.24. The fourth-order valence-corrected chi connectivity index (χ4v) is 6.05. The van der Waals surface area contributed by atoms with Gasteiger partial charge in [-0.2, -0.15) is 8.42 Å². The molecule has 0 amide bonds. The molecule has 0 saturated heterocycles. The Morgan fingerprint density at radius 1 is 1.35 bits per heavy atom. The van der Waals surface area contributed by atoms with Crippen LogP contribution in [0.5, 0.6) is 0 Å². The second-order valence-corrected chi connectivity index (χ2v) is 9.78. The molecule has 0 radical (unpaired) electrons. The molecule has 3 aromatic rings. The summed E-state index contributed by atoms with van der Waals surface area (Å²) in [5.74, 6) is -0.434. The molecule has 2 heterocycles. The van der Waals surface area contributed by atoms with Crippen LogP contribution in [0.3, 0.4) is 0 Å². The van der Waals surface area contributed by atoms with Crippen LogP contribution in [0.1, 0.15) is 6.92 Å². The lowest BCUT2D eigenvalue weighted by atomic mass is 10.3. The molecule has 0 aliphatic heterocycles. The third-order valence-corrected chi connectivity index (χ3v) is 7.95. The van der Waals surface area contributed by atoms with E-state index in [1.54, 1.807) is 34.7 Å². The molecule has 0 aliphatic carbocycles. The van der Waals surface area contributed by atoms with Crippen LogP contribution in [0.4, 0.5) is 0 Å². The van der Waals surface area contributed by atoms with Crippen molar-refractivity contribution < 1.29 is 17.9 Å². The summed E-state index contributed by atoms with van der Waals surface area (Å²) in [4.78, 5) is 13.3. The van der Waals surface area contributed by atoms with Crippen molar-refractivity contribution in [1.82, 2.24) is 4.57 Å². The highest BCUT2D eigenvalue weighted by Gasteiger charge is 2.17. The second-order valence-electron chi connectivity index (χ2n) is 5.11. The number of sulfonamides is 1. The minimum Gasteiger partial charge on any atom is -0.465 e. The molecule has 6 nitrogen and oxygen atoms in total. The maximum atomic E-state index is 12.5. The van der Waals surface area contributed by atoms with Crippen LogP contribution in [0.25, 0.3) is 10.2 Å². The molecule has 26 heavy (non-hydrogen) atoms. The number of carbonyl (C=O) groups excluding carboxylic acids is 1. The Hall–Kier alpha value is -1.62. The second kappa shape index (κ2) is 7.95. The van der Waals surface area contributed by atoms with E-state index < -0.39 is 16.0 Å². The molecule has 3 rings (SSSR count). The standard InChI is InChI=1S/C16H16N2O4S4/c1-3-22-14(19)10-18-12-7-6-11(23-2)9-13(12)25-16(18)17-26(20,21)15-5-4-8-24-15/h4-9H,3,10H2,1-2H3/b17-16-.